The molecule has 0 spiro atoms. The van der Waals surface area contributed by atoms with Crippen molar-refractivity contribution in [1.29, 1.82) is 0 Å². The summed E-state index contributed by atoms with van der Waals surface area (Å²) in [5, 5.41) is 7.08. The average Bonchev–Trinajstić information content (AvgIpc) is 2.93. The summed E-state index contributed by atoms with van der Waals surface area (Å²) < 4.78 is 13.6. The molecule has 2 rings (SSSR count). The quantitative estimate of drug-likeness (QED) is 0.438. The van der Waals surface area contributed by atoms with E-state index in [2.05, 4.69) is 15.6 Å². The Bertz CT molecular complexity index is 456. The molecule has 21 heavy (non-hydrogen) atoms. The van der Waals surface area contributed by atoms with E-state index in [1.165, 1.54) is 31.7 Å². The molecule has 1 aliphatic rings. The Hall–Kier alpha value is -0.560. The predicted octanol–water partition coefficient (Wildman–Crippen LogP) is 3.75. The van der Waals surface area contributed by atoms with Gasteiger partial charge in [-0.05, 0) is 31.4 Å². The predicted molar refractivity (Wildman–Crippen MR) is 97.3 cm³/mol. The molecule has 1 fully saturated rings. The summed E-state index contributed by atoms with van der Waals surface area (Å²) in [5.74, 6) is 0.530. The third-order valence-corrected chi connectivity index (χ3v) is 4.00. The molecule has 0 amide bonds. The normalized spacial score (nSPS) is 15.7. The van der Waals surface area contributed by atoms with Gasteiger partial charge in [0, 0.05) is 30.2 Å². The van der Waals surface area contributed by atoms with Crippen molar-refractivity contribution >= 4 is 41.5 Å². The van der Waals surface area contributed by atoms with E-state index in [-0.39, 0.29) is 29.8 Å². The Morgan fingerprint density at radius 3 is 2.71 bits per heavy atom. The van der Waals surface area contributed by atoms with Gasteiger partial charge >= 0.3 is 0 Å². The first kappa shape index (κ1) is 18.5. The minimum absolute atomic E-state index is 0. The lowest BCUT2D eigenvalue weighted by Gasteiger charge is -2.17. The second-order valence-corrected chi connectivity index (χ2v) is 5.48. The third-order valence-electron chi connectivity index (χ3n) is 3.65. The molecular formula is C15H22ClFIN3. The van der Waals surface area contributed by atoms with Crippen molar-refractivity contribution < 1.29 is 4.39 Å². The summed E-state index contributed by atoms with van der Waals surface area (Å²) in [5.41, 5.74) is 0.554. The standard InChI is InChI=1S/C15H21ClFN3.HI/c1-18-15(20-11-5-2-3-6-11)19-10-9-12-13(16)7-4-8-14(12)17;/h4,7-8,11H,2-3,5-6,9-10H2,1H3,(H2,18,19,20);1H. The molecular weight excluding hydrogens is 404 g/mol. The van der Waals surface area contributed by atoms with Crippen LogP contribution in [0.1, 0.15) is 31.2 Å². The van der Waals surface area contributed by atoms with Gasteiger partial charge in [-0.2, -0.15) is 0 Å². The number of nitrogens with one attached hydrogen (secondary N) is 2. The smallest absolute Gasteiger partial charge is 0.191 e. The van der Waals surface area contributed by atoms with E-state index in [1.807, 2.05) is 0 Å². The molecule has 0 aromatic heterocycles. The highest BCUT2D eigenvalue weighted by Crippen LogP contribution is 2.19. The van der Waals surface area contributed by atoms with Gasteiger partial charge in [-0.25, -0.2) is 4.39 Å². The Balaban J connectivity index is 0.00000220. The average molecular weight is 426 g/mol. The number of aliphatic imine (C=N–C) groups is 1. The fourth-order valence-corrected chi connectivity index (χ4v) is 2.79. The zero-order valence-corrected chi connectivity index (χ0v) is 15.2. The lowest BCUT2D eigenvalue weighted by molar-refractivity contribution is 0.599. The summed E-state index contributed by atoms with van der Waals surface area (Å²) >= 11 is 6.00. The number of hydrogen-bond acceptors (Lipinski definition) is 1. The molecule has 118 valence electrons. The summed E-state index contributed by atoms with van der Waals surface area (Å²) in [4.78, 5) is 4.20. The van der Waals surface area contributed by atoms with Gasteiger partial charge in [-0.15, -0.1) is 24.0 Å². The van der Waals surface area contributed by atoms with Crippen LogP contribution >= 0.6 is 35.6 Å². The van der Waals surface area contributed by atoms with Crippen LogP contribution in [0.25, 0.3) is 0 Å². The summed E-state index contributed by atoms with van der Waals surface area (Å²) in [7, 11) is 1.75. The lowest BCUT2D eigenvalue weighted by Crippen LogP contribution is -2.43. The van der Waals surface area contributed by atoms with Crippen LogP contribution in [0.15, 0.2) is 23.2 Å². The van der Waals surface area contributed by atoms with Crippen molar-refractivity contribution in [3.63, 3.8) is 0 Å². The van der Waals surface area contributed by atoms with Crippen LogP contribution in [-0.4, -0.2) is 25.6 Å². The monoisotopic (exact) mass is 425 g/mol. The zero-order chi connectivity index (χ0) is 14.4. The molecule has 6 heteroatoms. The van der Waals surface area contributed by atoms with Gasteiger partial charge in [-0.3, -0.25) is 4.99 Å². The van der Waals surface area contributed by atoms with E-state index in [0.29, 0.717) is 29.6 Å². The van der Waals surface area contributed by atoms with Crippen LogP contribution in [0.3, 0.4) is 0 Å². The molecule has 0 atom stereocenters. The maximum atomic E-state index is 13.6. The first-order valence-electron chi connectivity index (χ1n) is 7.11. The fourth-order valence-electron chi connectivity index (χ4n) is 2.54. The van der Waals surface area contributed by atoms with Crippen LogP contribution in [0.5, 0.6) is 0 Å². The lowest BCUT2D eigenvalue weighted by atomic mass is 10.1. The second-order valence-electron chi connectivity index (χ2n) is 5.07. The van der Waals surface area contributed by atoms with Crippen molar-refractivity contribution in [3.05, 3.63) is 34.6 Å². The van der Waals surface area contributed by atoms with Crippen molar-refractivity contribution in [1.82, 2.24) is 10.6 Å². The first-order chi connectivity index (χ1) is 9.70. The van der Waals surface area contributed by atoms with Crippen LogP contribution in [0, 0.1) is 5.82 Å². The van der Waals surface area contributed by atoms with E-state index in [9.17, 15) is 4.39 Å². The molecule has 1 aromatic rings. The molecule has 2 N–H and O–H groups in total. The van der Waals surface area contributed by atoms with Gasteiger partial charge in [0.1, 0.15) is 5.82 Å². The molecule has 0 radical (unpaired) electrons. The molecule has 0 bridgehead atoms. The zero-order valence-electron chi connectivity index (χ0n) is 12.2. The molecule has 1 saturated carbocycles. The van der Waals surface area contributed by atoms with Crippen molar-refractivity contribution in [3.8, 4) is 0 Å². The van der Waals surface area contributed by atoms with Crippen molar-refractivity contribution in [2.24, 2.45) is 4.99 Å². The van der Waals surface area contributed by atoms with Gasteiger partial charge in [0.25, 0.3) is 0 Å². The van der Waals surface area contributed by atoms with Crippen molar-refractivity contribution in [2.45, 2.75) is 38.1 Å². The van der Waals surface area contributed by atoms with Gasteiger partial charge in [0.2, 0.25) is 0 Å². The number of benzene rings is 1. The number of hydrogen-bond donors (Lipinski definition) is 2. The van der Waals surface area contributed by atoms with E-state index >= 15 is 0 Å². The van der Waals surface area contributed by atoms with Gasteiger partial charge < -0.3 is 10.6 Å². The number of halogens is 3. The summed E-state index contributed by atoms with van der Waals surface area (Å²) in [6.07, 6.45) is 5.48. The maximum absolute atomic E-state index is 13.6. The van der Waals surface area contributed by atoms with E-state index < -0.39 is 0 Å². The molecule has 0 saturated heterocycles. The first-order valence-corrected chi connectivity index (χ1v) is 7.48. The largest absolute Gasteiger partial charge is 0.356 e. The van der Waals surface area contributed by atoms with E-state index in [0.717, 1.165) is 5.96 Å². The van der Waals surface area contributed by atoms with Crippen molar-refractivity contribution in [2.75, 3.05) is 13.6 Å². The fraction of sp³-hybridized carbons (Fsp3) is 0.533. The van der Waals surface area contributed by atoms with Crippen LogP contribution in [-0.2, 0) is 6.42 Å². The van der Waals surface area contributed by atoms with E-state index in [1.54, 1.807) is 19.2 Å². The SMILES string of the molecule is CN=C(NCCc1c(F)cccc1Cl)NC1CCCC1.I. The van der Waals surface area contributed by atoms with Crippen LogP contribution < -0.4 is 10.6 Å². The van der Waals surface area contributed by atoms with E-state index in [4.69, 9.17) is 11.6 Å². The Labute approximate surface area is 147 Å². The number of guanidine groups is 1. The van der Waals surface area contributed by atoms with Crippen LogP contribution in [0.4, 0.5) is 4.39 Å². The second kappa shape index (κ2) is 9.46. The Morgan fingerprint density at radius 1 is 1.38 bits per heavy atom. The summed E-state index contributed by atoms with van der Waals surface area (Å²) in [6.45, 7) is 0.604. The van der Waals surface area contributed by atoms with Gasteiger partial charge in [0.05, 0.1) is 0 Å². The van der Waals surface area contributed by atoms with Gasteiger partial charge in [0.15, 0.2) is 5.96 Å². The topological polar surface area (TPSA) is 36.4 Å². The molecule has 3 nitrogen and oxygen atoms in total. The highest BCUT2D eigenvalue weighted by molar-refractivity contribution is 14.0. The summed E-state index contributed by atoms with van der Waals surface area (Å²) in [6, 6.07) is 5.28. The third kappa shape index (κ3) is 5.62. The number of nitrogens with zero attached hydrogens (tertiary/aromatic N) is 1. The van der Waals surface area contributed by atoms with Gasteiger partial charge in [-0.1, -0.05) is 30.5 Å². The maximum Gasteiger partial charge on any atom is 0.191 e. The number of rotatable bonds is 4. The highest BCUT2D eigenvalue weighted by Gasteiger charge is 2.15. The highest BCUT2D eigenvalue weighted by atomic mass is 127. The molecule has 1 aliphatic carbocycles. The Kier molecular flexibility index (Phi) is 8.33. The minimum atomic E-state index is -0.252. The molecule has 0 unspecified atom stereocenters. The van der Waals surface area contributed by atoms with Crippen LogP contribution in [0.2, 0.25) is 5.02 Å². The molecule has 1 aromatic carbocycles. The minimum Gasteiger partial charge on any atom is -0.356 e. The Morgan fingerprint density at radius 2 is 2.10 bits per heavy atom. The molecule has 0 aliphatic heterocycles. The molecule has 0 heterocycles.